The van der Waals surface area contributed by atoms with Gasteiger partial charge in [-0.1, -0.05) is 39.0 Å². The lowest BCUT2D eigenvalue weighted by molar-refractivity contribution is -0.114. The molecule has 0 heterocycles. The Kier molecular flexibility index (Phi) is 7.60. The van der Waals surface area contributed by atoms with E-state index in [1.165, 1.54) is 9.87 Å². The van der Waals surface area contributed by atoms with Crippen LogP contribution < -0.4 is 10.6 Å². The van der Waals surface area contributed by atoms with Crippen LogP contribution in [0.1, 0.15) is 31.9 Å². The molecular formula is C21H29N3O3S. The summed E-state index contributed by atoms with van der Waals surface area (Å²) in [4.78, 5) is 12.5. The smallest absolute Gasteiger partial charge is 0.243 e. The molecule has 2 N–H and O–H groups in total. The normalized spacial score (nSPS) is 11.5. The lowest BCUT2D eigenvalue weighted by Gasteiger charge is -2.20. The van der Waals surface area contributed by atoms with Gasteiger partial charge in [0, 0.05) is 24.5 Å². The maximum Gasteiger partial charge on any atom is 0.243 e. The number of hydrogen-bond acceptors (Lipinski definition) is 4. The molecule has 0 radical (unpaired) electrons. The van der Waals surface area contributed by atoms with Gasteiger partial charge >= 0.3 is 0 Å². The Morgan fingerprint density at radius 1 is 0.964 bits per heavy atom. The van der Waals surface area contributed by atoms with Gasteiger partial charge in [-0.2, -0.15) is 4.31 Å². The van der Waals surface area contributed by atoms with Crippen molar-refractivity contribution in [1.82, 2.24) is 4.31 Å². The zero-order valence-corrected chi connectivity index (χ0v) is 17.8. The van der Waals surface area contributed by atoms with Crippen molar-refractivity contribution in [3.05, 3.63) is 53.6 Å². The minimum Gasteiger partial charge on any atom is -0.376 e. The minimum atomic E-state index is -3.56. The predicted molar refractivity (Wildman–Crippen MR) is 114 cm³/mol. The molecule has 152 valence electrons. The van der Waals surface area contributed by atoms with Crippen LogP contribution in [-0.2, 0) is 21.2 Å². The summed E-state index contributed by atoms with van der Waals surface area (Å²) in [6, 6.07) is 12.8. The van der Waals surface area contributed by atoms with E-state index in [2.05, 4.69) is 17.6 Å². The molecule has 7 heteroatoms. The van der Waals surface area contributed by atoms with E-state index in [1.807, 2.05) is 38.1 Å². The molecule has 2 aromatic carbocycles. The van der Waals surface area contributed by atoms with Gasteiger partial charge in [0.05, 0.1) is 11.4 Å². The van der Waals surface area contributed by atoms with Crippen LogP contribution in [0.15, 0.2) is 47.4 Å². The number of anilines is 2. The largest absolute Gasteiger partial charge is 0.376 e. The van der Waals surface area contributed by atoms with E-state index >= 15 is 0 Å². The van der Waals surface area contributed by atoms with Crippen molar-refractivity contribution in [2.24, 2.45) is 0 Å². The number of amides is 1. The van der Waals surface area contributed by atoms with Crippen molar-refractivity contribution in [1.29, 1.82) is 0 Å². The van der Waals surface area contributed by atoms with E-state index in [0.29, 0.717) is 24.3 Å². The van der Waals surface area contributed by atoms with Crippen LogP contribution in [0.2, 0.25) is 0 Å². The van der Waals surface area contributed by atoms with Crippen molar-refractivity contribution in [2.75, 3.05) is 30.3 Å². The highest BCUT2D eigenvalue weighted by Crippen LogP contribution is 2.23. The summed E-state index contributed by atoms with van der Waals surface area (Å²) in [6.07, 6.45) is 0.946. The Labute approximate surface area is 168 Å². The summed E-state index contributed by atoms with van der Waals surface area (Å²) in [5.74, 6) is -0.196. The molecule has 2 rings (SSSR count). The molecule has 0 aliphatic carbocycles. The molecule has 0 bridgehead atoms. The SMILES string of the molecule is CCc1ccc(NC(=O)CNc2ccc(C)c(S(=O)(=O)N(CC)CC)c2)cc1. The predicted octanol–water partition coefficient (Wildman–Crippen LogP) is 3.64. The van der Waals surface area contributed by atoms with E-state index in [-0.39, 0.29) is 17.3 Å². The van der Waals surface area contributed by atoms with Crippen molar-refractivity contribution in [3.8, 4) is 0 Å². The van der Waals surface area contributed by atoms with Crippen LogP contribution in [-0.4, -0.2) is 38.3 Å². The molecule has 6 nitrogen and oxygen atoms in total. The van der Waals surface area contributed by atoms with Crippen LogP contribution in [0.4, 0.5) is 11.4 Å². The third-order valence-electron chi connectivity index (χ3n) is 4.61. The first kappa shape index (κ1) is 21.9. The fourth-order valence-electron chi connectivity index (χ4n) is 2.90. The van der Waals surface area contributed by atoms with E-state index in [9.17, 15) is 13.2 Å². The molecule has 0 aliphatic rings. The van der Waals surface area contributed by atoms with Gasteiger partial charge in [0.25, 0.3) is 0 Å². The van der Waals surface area contributed by atoms with E-state index in [1.54, 1.807) is 25.1 Å². The highest BCUT2D eigenvalue weighted by atomic mass is 32.2. The number of nitrogens with zero attached hydrogens (tertiary/aromatic N) is 1. The van der Waals surface area contributed by atoms with Gasteiger partial charge < -0.3 is 10.6 Å². The van der Waals surface area contributed by atoms with Crippen molar-refractivity contribution in [3.63, 3.8) is 0 Å². The van der Waals surface area contributed by atoms with E-state index in [0.717, 1.165) is 12.1 Å². The van der Waals surface area contributed by atoms with E-state index < -0.39 is 10.0 Å². The number of rotatable bonds is 9. The number of carbonyl (C=O) groups excluding carboxylic acids is 1. The summed E-state index contributed by atoms with van der Waals surface area (Å²) in [5.41, 5.74) is 3.21. The molecular weight excluding hydrogens is 374 g/mol. The number of nitrogens with one attached hydrogen (secondary N) is 2. The monoisotopic (exact) mass is 403 g/mol. The fourth-order valence-corrected chi connectivity index (χ4v) is 4.61. The van der Waals surface area contributed by atoms with Gasteiger partial charge in [0.15, 0.2) is 0 Å². The third kappa shape index (κ3) is 5.33. The first-order valence-electron chi connectivity index (χ1n) is 9.55. The Hall–Kier alpha value is -2.38. The Morgan fingerprint density at radius 2 is 1.57 bits per heavy atom. The molecule has 1 amide bonds. The van der Waals surface area contributed by atoms with Crippen LogP contribution in [0.5, 0.6) is 0 Å². The highest BCUT2D eigenvalue weighted by molar-refractivity contribution is 7.89. The zero-order valence-electron chi connectivity index (χ0n) is 17.0. The first-order valence-corrected chi connectivity index (χ1v) is 11.0. The molecule has 0 unspecified atom stereocenters. The van der Waals surface area contributed by atoms with Gasteiger partial charge in [-0.25, -0.2) is 8.42 Å². The summed E-state index contributed by atoms with van der Waals surface area (Å²) in [7, 11) is -3.56. The molecule has 0 atom stereocenters. The summed E-state index contributed by atoms with van der Waals surface area (Å²) < 4.78 is 27.1. The summed E-state index contributed by atoms with van der Waals surface area (Å²) in [6.45, 7) is 8.35. The lowest BCUT2D eigenvalue weighted by Crippen LogP contribution is -2.31. The molecule has 2 aromatic rings. The van der Waals surface area contributed by atoms with Crippen molar-refractivity contribution in [2.45, 2.75) is 39.0 Å². The van der Waals surface area contributed by atoms with E-state index in [4.69, 9.17) is 0 Å². The highest BCUT2D eigenvalue weighted by Gasteiger charge is 2.23. The molecule has 0 spiro atoms. The van der Waals surface area contributed by atoms with Crippen LogP contribution >= 0.6 is 0 Å². The topological polar surface area (TPSA) is 78.5 Å². The van der Waals surface area contributed by atoms with Gasteiger partial charge in [-0.3, -0.25) is 4.79 Å². The molecule has 0 fully saturated rings. The van der Waals surface area contributed by atoms with Gasteiger partial charge in [-0.15, -0.1) is 0 Å². The average molecular weight is 404 g/mol. The van der Waals surface area contributed by atoms with Gasteiger partial charge in [0.1, 0.15) is 0 Å². The van der Waals surface area contributed by atoms with Crippen LogP contribution in [0.3, 0.4) is 0 Å². The second kappa shape index (κ2) is 9.71. The minimum absolute atomic E-state index is 0.0450. The van der Waals surface area contributed by atoms with Crippen molar-refractivity contribution >= 4 is 27.3 Å². The maximum atomic E-state index is 12.8. The molecule has 28 heavy (non-hydrogen) atoms. The number of aryl methyl sites for hydroxylation is 2. The Bertz CT molecular complexity index is 905. The van der Waals surface area contributed by atoms with Crippen LogP contribution in [0.25, 0.3) is 0 Å². The maximum absolute atomic E-state index is 12.8. The summed E-state index contributed by atoms with van der Waals surface area (Å²) >= 11 is 0. The number of carbonyl (C=O) groups is 1. The molecule has 0 saturated carbocycles. The number of sulfonamides is 1. The Morgan fingerprint density at radius 3 is 2.14 bits per heavy atom. The fraction of sp³-hybridized carbons (Fsp3) is 0.381. The zero-order chi connectivity index (χ0) is 20.7. The van der Waals surface area contributed by atoms with Crippen molar-refractivity contribution < 1.29 is 13.2 Å². The van der Waals surface area contributed by atoms with Crippen LogP contribution in [0, 0.1) is 6.92 Å². The second-order valence-electron chi connectivity index (χ2n) is 6.52. The molecule has 0 aliphatic heterocycles. The lowest BCUT2D eigenvalue weighted by atomic mass is 10.1. The Balaban J connectivity index is 2.07. The number of hydrogen-bond donors (Lipinski definition) is 2. The van der Waals surface area contributed by atoms with Gasteiger partial charge in [-0.05, 0) is 48.7 Å². The van der Waals surface area contributed by atoms with Gasteiger partial charge in [0.2, 0.25) is 15.9 Å². The molecule has 0 aromatic heterocycles. The third-order valence-corrected chi connectivity index (χ3v) is 6.80. The first-order chi connectivity index (χ1) is 13.3. The summed E-state index contributed by atoms with van der Waals surface area (Å²) in [5, 5.41) is 5.84. The quantitative estimate of drug-likeness (QED) is 0.670. The average Bonchev–Trinajstić information content (AvgIpc) is 2.68. The molecule has 0 saturated heterocycles. The second-order valence-corrected chi connectivity index (χ2v) is 8.43. The number of benzene rings is 2. The standard InChI is InChI=1S/C21H29N3O3S/c1-5-17-9-12-18(13-10-17)23-21(25)15-22-19-11-8-16(4)20(14-19)28(26,27)24(6-2)7-3/h8-14,22H,5-7,15H2,1-4H3,(H,23,25).